The summed E-state index contributed by atoms with van der Waals surface area (Å²) in [5.74, 6) is 0. The third-order valence-corrected chi connectivity index (χ3v) is 3.99. The molecule has 0 saturated carbocycles. The normalized spacial score (nSPS) is 10.9. The molecule has 0 bridgehead atoms. The summed E-state index contributed by atoms with van der Waals surface area (Å²) in [4.78, 5) is 0. The van der Waals surface area contributed by atoms with Crippen molar-refractivity contribution in [1.29, 1.82) is 0 Å². The number of halogens is 1. The molecule has 0 fully saturated rings. The molecule has 0 spiro atoms. The second kappa shape index (κ2) is 6.34. The van der Waals surface area contributed by atoms with E-state index in [0.29, 0.717) is 11.6 Å². The molecule has 3 nitrogen and oxygen atoms in total. The fourth-order valence-electron chi connectivity index (χ4n) is 2.43. The van der Waals surface area contributed by atoms with E-state index in [9.17, 15) is 0 Å². The minimum atomic E-state index is 0.449. The molecule has 0 aliphatic rings. The standard InChI is InChI=1S/C18H18ClN3/c1-2-13-3-9-17(10-4-13)22-12-15(11-20)18(21-22)14-5-7-16(19)8-6-14/h3-10,12H,2,11,20H2,1H3. The van der Waals surface area contributed by atoms with Gasteiger partial charge in [0.25, 0.3) is 0 Å². The molecule has 3 aromatic rings. The second-order valence-electron chi connectivity index (χ2n) is 5.18. The number of aryl methyl sites for hydroxylation is 1. The number of hydrogen-bond donors (Lipinski definition) is 1. The molecular weight excluding hydrogens is 294 g/mol. The van der Waals surface area contributed by atoms with Gasteiger partial charge in [0.15, 0.2) is 0 Å². The van der Waals surface area contributed by atoms with Crippen LogP contribution < -0.4 is 5.73 Å². The molecule has 0 aliphatic carbocycles. The first-order valence-corrected chi connectivity index (χ1v) is 7.73. The first-order valence-electron chi connectivity index (χ1n) is 7.35. The molecule has 3 rings (SSSR count). The fraction of sp³-hybridized carbons (Fsp3) is 0.167. The van der Waals surface area contributed by atoms with Crippen molar-refractivity contribution in [2.75, 3.05) is 0 Å². The Morgan fingerprint density at radius 3 is 2.32 bits per heavy atom. The highest BCUT2D eigenvalue weighted by Gasteiger charge is 2.11. The predicted molar refractivity (Wildman–Crippen MR) is 91.3 cm³/mol. The van der Waals surface area contributed by atoms with Crippen LogP contribution in [0.3, 0.4) is 0 Å². The summed E-state index contributed by atoms with van der Waals surface area (Å²) in [7, 11) is 0. The van der Waals surface area contributed by atoms with Crippen molar-refractivity contribution in [3.63, 3.8) is 0 Å². The molecule has 2 aromatic carbocycles. The lowest BCUT2D eigenvalue weighted by atomic mass is 10.1. The van der Waals surface area contributed by atoms with Crippen LogP contribution >= 0.6 is 11.6 Å². The van der Waals surface area contributed by atoms with Gasteiger partial charge in [0.1, 0.15) is 0 Å². The van der Waals surface area contributed by atoms with Gasteiger partial charge in [0.2, 0.25) is 0 Å². The number of nitrogens with zero attached hydrogens (tertiary/aromatic N) is 2. The van der Waals surface area contributed by atoms with Gasteiger partial charge < -0.3 is 5.73 Å². The minimum absolute atomic E-state index is 0.449. The Bertz CT molecular complexity index is 758. The maximum Gasteiger partial charge on any atom is 0.0972 e. The van der Waals surface area contributed by atoms with E-state index in [-0.39, 0.29) is 0 Å². The van der Waals surface area contributed by atoms with Gasteiger partial charge in [-0.1, -0.05) is 42.8 Å². The topological polar surface area (TPSA) is 43.8 Å². The number of hydrogen-bond acceptors (Lipinski definition) is 2. The molecule has 2 N–H and O–H groups in total. The van der Waals surface area contributed by atoms with E-state index < -0.39 is 0 Å². The van der Waals surface area contributed by atoms with Gasteiger partial charge in [-0.2, -0.15) is 5.10 Å². The Morgan fingerprint density at radius 1 is 1.05 bits per heavy atom. The van der Waals surface area contributed by atoms with Crippen LogP contribution in [-0.4, -0.2) is 9.78 Å². The highest BCUT2D eigenvalue weighted by atomic mass is 35.5. The summed E-state index contributed by atoms with van der Waals surface area (Å²) >= 11 is 5.95. The van der Waals surface area contributed by atoms with Crippen LogP contribution in [0.25, 0.3) is 16.9 Å². The number of rotatable bonds is 4. The molecule has 0 amide bonds. The first kappa shape index (κ1) is 14.8. The van der Waals surface area contributed by atoms with Crippen molar-refractivity contribution < 1.29 is 0 Å². The van der Waals surface area contributed by atoms with E-state index in [0.717, 1.165) is 28.9 Å². The van der Waals surface area contributed by atoms with E-state index in [1.54, 1.807) is 0 Å². The molecule has 22 heavy (non-hydrogen) atoms. The van der Waals surface area contributed by atoms with Crippen LogP contribution in [0, 0.1) is 0 Å². The number of benzene rings is 2. The quantitative estimate of drug-likeness (QED) is 0.784. The van der Waals surface area contributed by atoms with Gasteiger partial charge in [-0.25, -0.2) is 4.68 Å². The summed E-state index contributed by atoms with van der Waals surface area (Å²) in [6.45, 7) is 2.60. The largest absolute Gasteiger partial charge is 0.326 e. The van der Waals surface area contributed by atoms with Crippen molar-refractivity contribution in [2.45, 2.75) is 19.9 Å². The fourth-order valence-corrected chi connectivity index (χ4v) is 2.55. The van der Waals surface area contributed by atoms with Crippen molar-refractivity contribution in [3.8, 4) is 16.9 Å². The Hall–Kier alpha value is -2.10. The highest BCUT2D eigenvalue weighted by Crippen LogP contribution is 2.25. The van der Waals surface area contributed by atoms with Gasteiger partial charge >= 0.3 is 0 Å². The maximum absolute atomic E-state index is 5.95. The van der Waals surface area contributed by atoms with Crippen LogP contribution in [0.4, 0.5) is 0 Å². The first-order chi connectivity index (χ1) is 10.7. The monoisotopic (exact) mass is 311 g/mol. The molecule has 4 heteroatoms. The molecule has 112 valence electrons. The zero-order valence-corrected chi connectivity index (χ0v) is 13.2. The second-order valence-corrected chi connectivity index (χ2v) is 5.61. The predicted octanol–water partition coefficient (Wildman–Crippen LogP) is 4.21. The smallest absolute Gasteiger partial charge is 0.0972 e. The van der Waals surface area contributed by atoms with E-state index in [4.69, 9.17) is 22.4 Å². The van der Waals surface area contributed by atoms with Crippen molar-refractivity contribution in [1.82, 2.24) is 9.78 Å². The summed E-state index contributed by atoms with van der Waals surface area (Å²) < 4.78 is 1.88. The SMILES string of the molecule is CCc1ccc(-n2cc(CN)c(-c3ccc(Cl)cc3)n2)cc1. The number of nitrogens with two attached hydrogens (primary N) is 1. The lowest BCUT2D eigenvalue weighted by molar-refractivity contribution is 0.881. The molecule has 0 aliphatic heterocycles. The van der Waals surface area contributed by atoms with Crippen molar-refractivity contribution in [3.05, 3.63) is 70.9 Å². The van der Waals surface area contributed by atoms with E-state index in [1.165, 1.54) is 5.56 Å². The Morgan fingerprint density at radius 2 is 1.73 bits per heavy atom. The summed E-state index contributed by atoms with van der Waals surface area (Å²) in [6, 6.07) is 16.1. The van der Waals surface area contributed by atoms with E-state index in [1.807, 2.05) is 35.1 Å². The van der Waals surface area contributed by atoms with Crippen LogP contribution in [0.15, 0.2) is 54.7 Å². The lowest BCUT2D eigenvalue weighted by Gasteiger charge is -2.03. The highest BCUT2D eigenvalue weighted by molar-refractivity contribution is 6.30. The van der Waals surface area contributed by atoms with Crippen LogP contribution in [0.1, 0.15) is 18.1 Å². The van der Waals surface area contributed by atoms with Crippen molar-refractivity contribution in [2.24, 2.45) is 5.73 Å². The van der Waals surface area contributed by atoms with Crippen LogP contribution in [-0.2, 0) is 13.0 Å². The average Bonchev–Trinajstić information content (AvgIpc) is 3.00. The zero-order chi connectivity index (χ0) is 15.5. The van der Waals surface area contributed by atoms with Crippen LogP contribution in [0.5, 0.6) is 0 Å². The zero-order valence-electron chi connectivity index (χ0n) is 12.5. The van der Waals surface area contributed by atoms with Gasteiger partial charge in [0.05, 0.1) is 11.4 Å². The minimum Gasteiger partial charge on any atom is -0.326 e. The molecule has 0 unspecified atom stereocenters. The number of aromatic nitrogens is 2. The van der Waals surface area contributed by atoms with Crippen molar-refractivity contribution >= 4 is 11.6 Å². The Labute approximate surface area is 135 Å². The molecule has 0 atom stereocenters. The molecule has 0 radical (unpaired) electrons. The summed E-state index contributed by atoms with van der Waals surface area (Å²) in [5.41, 5.74) is 11.2. The van der Waals surface area contributed by atoms with E-state index >= 15 is 0 Å². The molecule has 0 saturated heterocycles. The average molecular weight is 312 g/mol. The van der Waals surface area contributed by atoms with E-state index in [2.05, 4.69) is 31.2 Å². The third kappa shape index (κ3) is 2.91. The van der Waals surface area contributed by atoms with Gasteiger partial charge in [-0.3, -0.25) is 0 Å². The molecule has 1 aromatic heterocycles. The Kier molecular flexibility index (Phi) is 4.27. The molecular formula is C18H18ClN3. The third-order valence-electron chi connectivity index (χ3n) is 3.74. The summed E-state index contributed by atoms with van der Waals surface area (Å²) in [6.07, 6.45) is 3.02. The maximum atomic E-state index is 5.95. The lowest BCUT2D eigenvalue weighted by Crippen LogP contribution is -1.96. The Balaban J connectivity index is 2.01. The van der Waals surface area contributed by atoms with Gasteiger partial charge in [-0.15, -0.1) is 0 Å². The van der Waals surface area contributed by atoms with Crippen LogP contribution in [0.2, 0.25) is 5.02 Å². The van der Waals surface area contributed by atoms with Gasteiger partial charge in [-0.05, 0) is 36.2 Å². The summed E-state index contributed by atoms with van der Waals surface area (Å²) in [5, 5.41) is 5.42. The van der Waals surface area contributed by atoms with Gasteiger partial charge in [0, 0.05) is 28.9 Å². The molecule has 1 heterocycles.